The lowest BCUT2D eigenvalue weighted by atomic mass is 9.97. The molecule has 21 heavy (non-hydrogen) atoms. The molecule has 0 aromatic heterocycles. The van der Waals surface area contributed by atoms with E-state index < -0.39 is 11.6 Å². The maximum absolute atomic E-state index is 13.7. The number of benzene rings is 2. The summed E-state index contributed by atoms with van der Waals surface area (Å²) in [5.74, 6) is 5.17. The van der Waals surface area contributed by atoms with Crippen molar-refractivity contribution < 1.29 is 13.5 Å². The van der Waals surface area contributed by atoms with Crippen LogP contribution in [0.25, 0.3) is 0 Å². The summed E-state index contributed by atoms with van der Waals surface area (Å²) < 4.78 is 32.7. The van der Waals surface area contributed by atoms with Gasteiger partial charge in [-0.3, -0.25) is 11.3 Å². The Balaban J connectivity index is 2.30. The number of ether oxygens (including phenoxy) is 1. The lowest BCUT2D eigenvalue weighted by Gasteiger charge is -2.18. The van der Waals surface area contributed by atoms with Gasteiger partial charge in [-0.2, -0.15) is 0 Å². The summed E-state index contributed by atoms with van der Waals surface area (Å²) in [5.41, 5.74) is 4.41. The molecule has 0 fully saturated rings. The molecule has 1 unspecified atom stereocenters. The van der Waals surface area contributed by atoms with E-state index in [-0.39, 0.29) is 18.0 Å². The molecule has 0 aliphatic heterocycles. The van der Waals surface area contributed by atoms with Crippen molar-refractivity contribution in [3.63, 3.8) is 0 Å². The largest absolute Gasteiger partial charge is 0.496 e. The Morgan fingerprint density at radius 1 is 1.19 bits per heavy atom. The number of nitrogens with one attached hydrogen (secondary N) is 1. The van der Waals surface area contributed by atoms with Crippen LogP contribution in [0.5, 0.6) is 5.75 Å². The molecule has 2 aromatic carbocycles. The van der Waals surface area contributed by atoms with Crippen LogP contribution in [-0.2, 0) is 6.42 Å². The maximum Gasteiger partial charge on any atom is 0.129 e. The molecule has 0 aliphatic rings. The third-order valence-electron chi connectivity index (χ3n) is 3.49. The van der Waals surface area contributed by atoms with Crippen LogP contribution in [0.1, 0.15) is 22.7 Å². The van der Waals surface area contributed by atoms with Crippen LogP contribution in [0.3, 0.4) is 0 Å². The minimum Gasteiger partial charge on any atom is -0.496 e. The smallest absolute Gasteiger partial charge is 0.129 e. The van der Waals surface area contributed by atoms with Gasteiger partial charge < -0.3 is 4.74 Å². The first kappa shape index (κ1) is 15.4. The van der Waals surface area contributed by atoms with Crippen molar-refractivity contribution in [1.82, 2.24) is 5.43 Å². The third-order valence-corrected chi connectivity index (χ3v) is 3.49. The van der Waals surface area contributed by atoms with Gasteiger partial charge in [0.1, 0.15) is 17.4 Å². The number of aryl methyl sites for hydroxylation is 1. The van der Waals surface area contributed by atoms with E-state index in [4.69, 9.17) is 10.6 Å². The summed E-state index contributed by atoms with van der Waals surface area (Å²) >= 11 is 0. The molecule has 3 N–H and O–H groups in total. The highest BCUT2D eigenvalue weighted by Crippen LogP contribution is 2.26. The zero-order chi connectivity index (χ0) is 15.4. The molecule has 2 aromatic rings. The molecular weight excluding hydrogens is 274 g/mol. The van der Waals surface area contributed by atoms with Gasteiger partial charge in [0.25, 0.3) is 0 Å². The van der Waals surface area contributed by atoms with E-state index in [0.29, 0.717) is 0 Å². The zero-order valence-corrected chi connectivity index (χ0v) is 12.0. The molecule has 0 aliphatic carbocycles. The molecule has 0 radical (unpaired) electrons. The molecule has 1 atom stereocenters. The zero-order valence-electron chi connectivity index (χ0n) is 12.0. The summed E-state index contributed by atoms with van der Waals surface area (Å²) in [5, 5.41) is 0. The fourth-order valence-corrected chi connectivity index (χ4v) is 2.32. The third kappa shape index (κ3) is 3.37. The Labute approximate surface area is 122 Å². The molecule has 112 valence electrons. The Morgan fingerprint density at radius 2 is 1.86 bits per heavy atom. The van der Waals surface area contributed by atoms with Crippen molar-refractivity contribution in [1.29, 1.82) is 0 Å². The summed E-state index contributed by atoms with van der Waals surface area (Å²) in [4.78, 5) is 0. The number of hydrogen-bond acceptors (Lipinski definition) is 3. The van der Waals surface area contributed by atoms with E-state index in [1.165, 1.54) is 18.2 Å². The van der Waals surface area contributed by atoms with Gasteiger partial charge in [0.2, 0.25) is 0 Å². The standard InChI is InChI=1S/C16H18F2N2O/c1-10-8-11(6-7-16(10)21-2)15(20-19)9-12-13(17)4-3-5-14(12)18/h3-8,15,20H,9,19H2,1-2H3. The minimum atomic E-state index is -0.569. The first-order valence-electron chi connectivity index (χ1n) is 6.60. The van der Waals surface area contributed by atoms with Crippen LogP contribution >= 0.6 is 0 Å². The highest BCUT2D eigenvalue weighted by atomic mass is 19.1. The topological polar surface area (TPSA) is 47.3 Å². The molecule has 2 rings (SSSR count). The predicted molar refractivity (Wildman–Crippen MR) is 77.9 cm³/mol. The average Bonchev–Trinajstić information content (AvgIpc) is 2.47. The van der Waals surface area contributed by atoms with Gasteiger partial charge in [0.15, 0.2) is 0 Å². The van der Waals surface area contributed by atoms with E-state index in [0.717, 1.165) is 16.9 Å². The highest BCUT2D eigenvalue weighted by molar-refractivity contribution is 5.38. The van der Waals surface area contributed by atoms with E-state index in [1.54, 1.807) is 7.11 Å². The SMILES string of the molecule is COc1ccc(C(Cc2c(F)cccc2F)NN)cc1C. The van der Waals surface area contributed by atoms with Gasteiger partial charge in [-0.1, -0.05) is 18.2 Å². The van der Waals surface area contributed by atoms with Gasteiger partial charge in [-0.15, -0.1) is 0 Å². The van der Waals surface area contributed by atoms with Gasteiger partial charge in [0, 0.05) is 5.56 Å². The molecule has 5 heteroatoms. The van der Waals surface area contributed by atoms with E-state index in [2.05, 4.69) is 5.43 Å². The molecule has 0 heterocycles. The van der Waals surface area contributed by atoms with Crippen molar-refractivity contribution in [2.24, 2.45) is 5.84 Å². The van der Waals surface area contributed by atoms with Crippen molar-refractivity contribution >= 4 is 0 Å². The predicted octanol–water partition coefficient (Wildman–Crippen LogP) is 3.03. The van der Waals surface area contributed by atoms with Crippen molar-refractivity contribution in [2.45, 2.75) is 19.4 Å². The number of halogens is 2. The molecule has 0 bridgehead atoms. The second-order valence-corrected chi connectivity index (χ2v) is 4.85. The lowest BCUT2D eigenvalue weighted by molar-refractivity contribution is 0.411. The quantitative estimate of drug-likeness (QED) is 0.658. The lowest BCUT2D eigenvalue weighted by Crippen LogP contribution is -2.30. The van der Waals surface area contributed by atoms with E-state index >= 15 is 0 Å². The summed E-state index contributed by atoms with van der Waals surface area (Å²) in [7, 11) is 1.59. The van der Waals surface area contributed by atoms with Crippen LogP contribution in [0.4, 0.5) is 8.78 Å². The van der Waals surface area contributed by atoms with Gasteiger partial charge >= 0.3 is 0 Å². The van der Waals surface area contributed by atoms with Gasteiger partial charge in [-0.05, 0) is 42.7 Å². The van der Waals surface area contributed by atoms with Crippen molar-refractivity contribution in [2.75, 3.05) is 7.11 Å². The molecule has 3 nitrogen and oxygen atoms in total. The molecule has 0 spiro atoms. The molecule has 0 saturated heterocycles. The Hall–Kier alpha value is -1.98. The molecular formula is C16H18F2N2O. The number of hydrogen-bond donors (Lipinski definition) is 2. The Morgan fingerprint density at radius 3 is 2.38 bits per heavy atom. The van der Waals surface area contributed by atoms with E-state index in [1.807, 2.05) is 25.1 Å². The fourth-order valence-electron chi connectivity index (χ4n) is 2.32. The minimum absolute atomic E-state index is 0.0221. The summed E-state index contributed by atoms with van der Waals surface area (Å²) in [6.07, 6.45) is 0.126. The fraction of sp³-hybridized carbons (Fsp3) is 0.250. The highest BCUT2D eigenvalue weighted by Gasteiger charge is 2.17. The van der Waals surface area contributed by atoms with Crippen LogP contribution < -0.4 is 16.0 Å². The number of nitrogens with two attached hydrogens (primary N) is 1. The van der Waals surface area contributed by atoms with Gasteiger partial charge in [-0.25, -0.2) is 8.78 Å². The normalized spacial score (nSPS) is 12.2. The number of methoxy groups -OCH3 is 1. The summed E-state index contributed by atoms with van der Waals surface area (Å²) in [6, 6.07) is 8.97. The average molecular weight is 292 g/mol. The summed E-state index contributed by atoms with van der Waals surface area (Å²) in [6.45, 7) is 1.90. The van der Waals surface area contributed by atoms with Crippen LogP contribution in [0.15, 0.2) is 36.4 Å². The first-order chi connectivity index (χ1) is 10.1. The Kier molecular flexibility index (Phi) is 4.88. The van der Waals surface area contributed by atoms with Crippen molar-refractivity contribution in [3.05, 3.63) is 64.7 Å². The monoisotopic (exact) mass is 292 g/mol. The number of hydrazine groups is 1. The maximum atomic E-state index is 13.7. The van der Waals surface area contributed by atoms with E-state index in [9.17, 15) is 8.78 Å². The number of rotatable bonds is 5. The van der Waals surface area contributed by atoms with Crippen LogP contribution in [0, 0.1) is 18.6 Å². The van der Waals surface area contributed by atoms with Crippen LogP contribution in [-0.4, -0.2) is 7.11 Å². The molecule has 0 saturated carbocycles. The first-order valence-corrected chi connectivity index (χ1v) is 6.60. The second kappa shape index (κ2) is 6.65. The second-order valence-electron chi connectivity index (χ2n) is 4.85. The Bertz CT molecular complexity index is 611. The molecule has 0 amide bonds. The van der Waals surface area contributed by atoms with Crippen molar-refractivity contribution in [3.8, 4) is 5.75 Å². The van der Waals surface area contributed by atoms with Crippen LogP contribution in [0.2, 0.25) is 0 Å². The van der Waals surface area contributed by atoms with Gasteiger partial charge in [0.05, 0.1) is 13.2 Å².